The van der Waals surface area contributed by atoms with Gasteiger partial charge in [0.15, 0.2) is 0 Å². The maximum absolute atomic E-state index is 11.1. The second-order valence-electron chi connectivity index (χ2n) is 3.64. The Hall–Kier alpha value is -0.650. The van der Waals surface area contributed by atoms with Crippen molar-refractivity contribution < 1.29 is 15.0 Å². The summed E-state index contributed by atoms with van der Waals surface area (Å²) in [5.41, 5.74) is -1.22. The Balaban J connectivity index is 3.53. The normalized spacial score (nSPS) is 14.9. The summed E-state index contributed by atoms with van der Waals surface area (Å²) in [5, 5.41) is 23.6. The lowest BCUT2D eigenvalue weighted by Crippen LogP contribution is -2.43. The van der Waals surface area contributed by atoms with Crippen LogP contribution in [0, 0.1) is 0 Å². The lowest BCUT2D eigenvalue weighted by Gasteiger charge is -2.20. The van der Waals surface area contributed by atoms with E-state index in [2.05, 4.69) is 10.6 Å². The first-order valence-corrected chi connectivity index (χ1v) is 4.76. The average Bonchev–Trinajstić information content (AvgIpc) is 2.16. The molecule has 0 aliphatic rings. The first-order chi connectivity index (χ1) is 6.52. The fraction of sp³-hybridized carbons (Fsp3) is 0.889. The highest BCUT2D eigenvalue weighted by atomic mass is 16.3. The number of rotatable bonds is 7. The van der Waals surface area contributed by atoms with Gasteiger partial charge in [0.2, 0.25) is 5.91 Å². The largest absolute Gasteiger partial charge is 0.393 e. The van der Waals surface area contributed by atoms with E-state index < -0.39 is 5.60 Å². The van der Waals surface area contributed by atoms with Crippen molar-refractivity contribution in [2.45, 2.75) is 25.4 Å². The molecule has 0 spiro atoms. The van der Waals surface area contributed by atoms with Gasteiger partial charge in [0, 0.05) is 13.0 Å². The molecular formula is C9H20N2O3. The van der Waals surface area contributed by atoms with Gasteiger partial charge in [-0.15, -0.1) is 0 Å². The van der Waals surface area contributed by atoms with E-state index in [-0.39, 0.29) is 19.1 Å². The molecule has 0 heterocycles. The molecule has 0 saturated heterocycles. The van der Waals surface area contributed by atoms with Gasteiger partial charge in [0.1, 0.15) is 5.60 Å². The van der Waals surface area contributed by atoms with Crippen LogP contribution in [-0.4, -0.2) is 48.5 Å². The first kappa shape index (κ1) is 13.4. The van der Waals surface area contributed by atoms with Crippen molar-refractivity contribution in [3.05, 3.63) is 0 Å². The molecule has 84 valence electrons. The maximum Gasteiger partial charge on any atom is 0.220 e. The number of carbonyl (C=O) groups is 1. The number of aliphatic hydroxyl groups is 2. The van der Waals surface area contributed by atoms with Crippen LogP contribution in [0.3, 0.4) is 0 Å². The summed E-state index contributed by atoms with van der Waals surface area (Å²) in [6, 6.07) is 0. The predicted octanol–water partition coefficient (Wildman–Crippen LogP) is -1.15. The van der Waals surface area contributed by atoms with E-state index in [1.54, 1.807) is 0 Å². The third kappa shape index (κ3) is 6.82. The molecule has 1 amide bonds. The monoisotopic (exact) mass is 204 g/mol. The lowest BCUT2D eigenvalue weighted by molar-refractivity contribution is -0.122. The Morgan fingerprint density at radius 2 is 2.14 bits per heavy atom. The number of aliphatic hydroxyl groups excluding tert-OH is 1. The average molecular weight is 204 g/mol. The Morgan fingerprint density at radius 3 is 2.64 bits per heavy atom. The van der Waals surface area contributed by atoms with Gasteiger partial charge in [0.25, 0.3) is 0 Å². The molecule has 0 bridgehead atoms. The second kappa shape index (κ2) is 6.75. The van der Waals surface area contributed by atoms with Crippen molar-refractivity contribution in [3.63, 3.8) is 0 Å². The Bertz CT molecular complexity index is 171. The summed E-state index contributed by atoms with van der Waals surface area (Å²) in [4.78, 5) is 11.1. The van der Waals surface area contributed by atoms with Crippen LogP contribution in [0.15, 0.2) is 0 Å². The summed E-state index contributed by atoms with van der Waals surface area (Å²) in [7, 11) is 1.83. The smallest absolute Gasteiger partial charge is 0.220 e. The first-order valence-electron chi connectivity index (χ1n) is 4.76. The van der Waals surface area contributed by atoms with E-state index in [9.17, 15) is 9.90 Å². The number of hydrogen-bond donors (Lipinski definition) is 4. The summed E-state index contributed by atoms with van der Waals surface area (Å²) in [6.07, 6.45) is 1.20. The quantitative estimate of drug-likeness (QED) is 0.395. The molecule has 0 radical (unpaired) electrons. The zero-order valence-corrected chi connectivity index (χ0v) is 8.84. The van der Waals surface area contributed by atoms with Crippen LogP contribution in [0.4, 0.5) is 0 Å². The van der Waals surface area contributed by atoms with E-state index >= 15 is 0 Å². The maximum atomic E-state index is 11.1. The molecule has 14 heavy (non-hydrogen) atoms. The summed E-state index contributed by atoms with van der Waals surface area (Å²) in [5.74, 6) is -0.103. The highest BCUT2D eigenvalue weighted by Gasteiger charge is 2.19. The van der Waals surface area contributed by atoms with Crippen molar-refractivity contribution >= 4 is 5.91 Å². The van der Waals surface area contributed by atoms with Crippen molar-refractivity contribution in [1.82, 2.24) is 10.6 Å². The van der Waals surface area contributed by atoms with Gasteiger partial charge in [-0.2, -0.15) is 0 Å². The molecule has 1 atom stereocenters. The third-order valence-corrected chi connectivity index (χ3v) is 1.84. The van der Waals surface area contributed by atoms with Crippen molar-refractivity contribution in [2.24, 2.45) is 0 Å². The van der Waals surface area contributed by atoms with E-state index in [4.69, 9.17) is 5.11 Å². The Morgan fingerprint density at radius 1 is 1.50 bits per heavy atom. The fourth-order valence-corrected chi connectivity index (χ4v) is 0.859. The lowest BCUT2D eigenvalue weighted by atomic mass is 10.1. The van der Waals surface area contributed by atoms with Crippen molar-refractivity contribution in [3.8, 4) is 0 Å². The van der Waals surface area contributed by atoms with Gasteiger partial charge in [-0.25, -0.2) is 0 Å². The fourth-order valence-electron chi connectivity index (χ4n) is 0.859. The van der Waals surface area contributed by atoms with E-state index in [0.717, 1.165) is 13.0 Å². The summed E-state index contributed by atoms with van der Waals surface area (Å²) < 4.78 is 0. The third-order valence-electron chi connectivity index (χ3n) is 1.84. The molecule has 0 aromatic carbocycles. The molecule has 1 unspecified atom stereocenters. The number of amides is 1. The molecule has 5 heteroatoms. The minimum absolute atomic E-state index is 0.0852. The zero-order chi connectivity index (χ0) is 11.0. The second-order valence-corrected chi connectivity index (χ2v) is 3.64. The van der Waals surface area contributed by atoms with Crippen LogP contribution in [0.5, 0.6) is 0 Å². The minimum atomic E-state index is -1.22. The Labute approximate surface area is 84.5 Å². The van der Waals surface area contributed by atoms with Crippen molar-refractivity contribution in [1.29, 1.82) is 0 Å². The molecule has 0 fully saturated rings. The highest BCUT2D eigenvalue weighted by molar-refractivity contribution is 5.75. The molecule has 0 aromatic rings. The highest BCUT2D eigenvalue weighted by Crippen LogP contribution is 1.98. The van der Waals surface area contributed by atoms with E-state index in [1.165, 1.54) is 6.92 Å². The van der Waals surface area contributed by atoms with Crippen LogP contribution in [0.2, 0.25) is 0 Å². The summed E-state index contributed by atoms with van der Waals surface area (Å²) >= 11 is 0. The van der Waals surface area contributed by atoms with Gasteiger partial charge >= 0.3 is 0 Å². The molecule has 0 aliphatic carbocycles. The summed E-state index contributed by atoms with van der Waals surface area (Å²) in [6.45, 7) is 2.00. The number of hydrogen-bond acceptors (Lipinski definition) is 4. The molecule has 0 aromatic heterocycles. The number of carbonyl (C=O) groups excluding carboxylic acids is 1. The van der Waals surface area contributed by atoms with Crippen LogP contribution in [0.1, 0.15) is 19.8 Å². The zero-order valence-electron chi connectivity index (χ0n) is 8.84. The number of nitrogens with one attached hydrogen (secondary N) is 2. The molecule has 4 N–H and O–H groups in total. The minimum Gasteiger partial charge on any atom is -0.393 e. The van der Waals surface area contributed by atoms with Gasteiger partial charge in [-0.3, -0.25) is 4.79 Å². The van der Waals surface area contributed by atoms with Crippen LogP contribution in [-0.2, 0) is 4.79 Å². The predicted molar refractivity (Wildman–Crippen MR) is 53.9 cm³/mol. The topological polar surface area (TPSA) is 81.6 Å². The van der Waals surface area contributed by atoms with Gasteiger partial charge in [-0.1, -0.05) is 0 Å². The van der Waals surface area contributed by atoms with E-state index in [1.807, 2.05) is 7.05 Å². The van der Waals surface area contributed by atoms with Crippen molar-refractivity contribution in [2.75, 3.05) is 26.7 Å². The van der Waals surface area contributed by atoms with Gasteiger partial charge < -0.3 is 20.8 Å². The van der Waals surface area contributed by atoms with Crippen LogP contribution >= 0.6 is 0 Å². The molecular weight excluding hydrogens is 184 g/mol. The van der Waals surface area contributed by atoms with Gasteiger partial charge in [-0.05, 0) is 26.9 Å². The Kier molecular flexibility index (Phi) is 6.44. The molecule has 5 nitrogen and oxygen atoms in total. The van der Waals surface area contributed by atoms with Crippen LogP contribution in [0.25, 0.3) is 0 Å². The SMILES string of the molecule is CNCCCC(=O)NCC(C)(O)CO. The van der Waals surface area contributed by atoms with Gasteiger partial charge in [0.05, 0.1) is 6.61 Å². The molecule has 0 rings (SSSR count). The van der Waals surface area contributed by atoms with Crippen LogP contribution < -0.4 is 10.6 Å². The standard InChI is InChI=1S/C9H20N2O3/c1-9(14,7-12)6-11-8(13)4-3-5-10-2/h10,12,14H,3-7H2,1-2H3,(H,11,13). The molecule has 0 saturated carbocycles. The van der Waals surface area contributed by atoms with E-state index in [0.29, 0.717) is 6.42 Å². The molecule has 0 aliphatic heterocycles.